The monoisotopic (exact) mass is 399 g/mol. The Morgan fingerprint density at radius 2 is 1.89 bits per heavy atom. The van der Waals surface area contributed by atoms with Crippen LogP contribution in [-0.2, 0) is 13.1 Å². The van der Waals surface area contributed by atoms with Crippen LogP contribution in [0.3, 0.4) is 0 Å². The normalized spacial score (nSPS) is 12.3. The third-order valence-corrected chi connectivity index (χ3v) is 4.88. The molecular formula is C23H26ClNO3. The van der Waals surface area contributed by atoms with Gasteiger partial charge in [0.1, 0.15) is 24.2 Å². The number of hydrogen-bond acceptors (Lipinski definition) is 4. The van der Waals surface area contributed by atoms with Gasteiger partial charge in [-0.1, -0.05) is 29.8 Å². The van der Waals surface area contributed by atoms with Gasteiger partial charge in [-0.2, -0.15) is 0 Å². The summed E-state index contributed by atoms with van der Waals surface area (Å²) in [7, 11) is 0. The maximum absolute atomic E-state index is 10.5. The van der Waals surface area contributed by atoms with Crippen molar-refractivity contribution in [3.63, 3.8) is 0 Å². The minimum absolute atomic E-state index is 0.229. The molecule has 5 heteroatoms. The molecule has 0 aliphatic carbocycles. The van der Waals surface area contributed by atoms with Gasteiger partial charge in [0.2, 0.25) is 0 Å². The molecule has 0 fully saturated rings. The first-order chi connectivity index (χ1) is 13.5. The third-order valence-electron chi connectivity index (χ3n) is 4.64. The van der Waals surface area contributed by atoms with Gasteiger partial charge >= 0.3 is 0 Å². The van der Waals surface area contributed by atoms with Gasteiger partial charge in [-0.15, -0.1) is 0 Å². The maximum atomic E-state index is 10.5. The first-order valence-electron chi connectivity index (χ1n) is 9.37. The molecule has 0 aliphatic rings. The Bertz CT molecular complexity index is 879. The lowest BCUT2D eigenvalue weighted by atomic mass is 10.1. The quantitative estimate of drug-likeness (QED) is 0.550. The van der Waals surface area contributed by atoms with Gasteiger partial charge in [0.15, 0.2) is 0 Å². The van der Waals surface area contributed by atoms with Crippen molar-refractivity contribution in [2.24, 2.45) is 0 Å². The average Bonchev–Trinajstić information content (AvgIpc) is 3.16. The molecule has 1 N–H and O–H groups in total. The molecule has 1 heterocycles. The number of furan rings is 1. The van der Waals surface area contributed by atoms with E-state index in [1.54, 1.807) is 6.26 Å². The van der Waals surface area contributed by atoms with Crippen LogP contribution in [0.1, 0.15) is 22.5 Å². The molecule has 3 aromatic rings. The van der Waals surface area contributed by atoms with Crippen LogP contribution in [0, 0.1) is 13.8 Å². The molecular weight excluding hydrogens is 374 g/mol. The highest BCUT2D eigenvalue weighted by molar-refractivity contribution is 6.30. The van der Waals surface area contributed by atoms with Crippen molar-refractivity contribution < 1.29 is 14.3 Å². The standard InChI is InChI=1S/C23H26ClNO3/c1-17-8-9-22(11-18(17)2)28-16-21(26)14-25(15-23-7-4-10-27-23)13-19-5-3-6-20(24)12-19/h3-12,21,26H,13-16H2,1-2H3. The van der Waals surface area contributed by atoms with E-state index in [2.05, 4.69) is 18.7 Å². The number of ether oxygens (including phenoxy) is 1. The Morgan fingerprint density at radius 1 is 1.04 bits per heavy atom. The number of halogens is 1. The summed E-state index contributed by atoms with van der Waals surface area (Å²) in [6.07, 6.45) is 1.03. The smallest absolute Gasteiger partial charge is 0.119 e. The fourth-order valence-corrected chi connectivity index (χ4v) is 3.26. The van der Waals surface area contributed by atoms with Crippen LogP contribution in [0.15, 0.2) is 65.3 Å². The molecule has 1 unspecified atom stereocenters. The highest BCUT2D eigenvalue weighted by Gasteiger charge is 2.15. The highest BCUT2D eigenvalue weighted by Crippen LogP contribution is 2.18. The molecule has 3 rings (SSSR count). The van der Waals surface area contributed by atoms with Crippen molar-refractivity contribution in [3.05, 3.63) is 88.3 Å². The van der Waals surface area contributed by atoms with E-state index in [0.717, 1.165) is 17.1 Å². The van der Waals surface area contributed by atoms with E-state index in [9.17, 15) is 5.11 Å². The van der Waals surface area contributed by atoms with Gasteiger partial charge in [0.25, 0.3) is 0 Å². The Balaban J connectivity index is 1.61. The van der Waals surface area contributed by atoms with E-state index in [1.165, 1.54) is 11.1 Å². The van der Waals surface area contributed by atoms with Crippen LogP contribution < -0.4 is 4.74 Å². The van der Waals surface area contributed by atoms with E-state index in [4.69, 9.17) is 20.8 Å². The Kier molecular flexibility index (Phi) is 7.15. The first kappa shape index (κ1) is 20.5. The number of rotatable bonds is 9. The largest absolute Gasteiger partial charge is 0.491 e. The second-order valence-electron chi connectivity index (χ2n) is 7.09. The van der Waals surface area contributed by atoms with Gasteiger partial charge in [-0.05, 0) is 66.9 Å². The van der Waals surface area contributed by atoms with Crippen molar-refractivity contribution in [3.8, 4) is 5.75 Å². The zero-order valence-electron chi connectivity index (χ0n) is 16.3. The lowest BCUT2D eigenvalue weighted by Crippen LogP contribution is -2.35. The van der Waals surface area contributed by atoms with Crippen molar-refractivity contribution in [2.45, 2.75) is 33.0 Å². The molecule has 1 atom stereocenters. The summed E-state index contributed by atoms with van der Waals surface area (Å²) in [6, 6.07) is 17.5. The van der Waals surface area contributed by atoms with Crippen LogP contribution in [0.5, 0.6) is 5.75 Å². The summed E-state index contributed by atoms with van der Waals surface area (Å²) < 4.78 is 11.3. The van der Waals surface area contributed by atoms with E-state index in [1.807, 2.05) is 54.6 Å². The molecule has 2 aromatic carbocycles. The molecule has 0 spiro atoms. The summed E-state index contributed by atoms with van der Waals surface area (Å²) in [6.45, 7) is 6.05. The molecule has 1 aromatic heterocycles. The minimum Gasteiger partial charge on any atom is -0.491 e. The van der Waals surface area contributed by atoms with Gasteiger partial charge < -0.3 is 14.3 Å². The van der Waals surface area contributed by atoms with Crippen LogP contribution >= 0.6 is 11.6 Å². The SMILES string of the molecule is Cc1ccc(OCC(O)CN(Cc2cccc(Cl)c2)Cc2ccco2)cc1C. The van der Waals surface area contributed by atoms with Crippen LogP contribution in [0.25, 0.3) is 0 Å². The molecule has 0 saturated carbocycles. The summed E-state index contributed by atoms with van der Waals surface area (Å²) >= 11 is 6.11. The average molecular weight is 400 g/mol. The van der Waals surface area contributed by atoms with Gasteiger partial charge in [-0.25, -0.2) is 0 Å². The van der Waals surface area contributed by atoms with E-state index in [-0.39, 0.29) is 6.61 Å². The second-order valence-corrected chi connectivity index (χ2v) is 7.53. The van der Waals surface area contributed by atoms with Crippen molar-refractivity contribution in [1.29, 1.82) is 0 Å². The summed E-state index contributed by atoms with van der Waals surface area (Å²) in [5.74, 6) is 1.62. The first-order valence-corrected chi connectivity index (χ1v) is 9.74. The zero-order chi connectivity index (χ0) is 19.9. The molecule has 148 valence electrons. The van der Waals surface area contributed by atoms with E-state index < -0.39 is 6.10 Å². The van der Waals surface area contributed by atoms with Gasteiger partial charge in [0, 0.05) is 18.1 Å². The summed E-state index contributed by atoms with van der Waals surface area (Å²) in [4.78, 5) is 2.12. The number of benzene rings is 2. The van der Waals surface area contributed by atoms with Gasteiger partial charge in [-0.3, -0.25) is 4.90 Å². The van der Waals surface area contributed by atoms with Crippen LogP contribution in [0.4, 0.5) is 0 Å². The van der Waals surface area contributed by atoms with E-state index in [0.29, 0.717) is 24.7 Å². The molecule has 0 radical (unpaired) electrons. The maximum Gasteiger partial charge on any atom is 0.119 e. The molecule has 28 heavy (non-hydrogen) atoms. The Labute approximate surface area is 171 Å². The number of aryl methyl sites for hydroxylation is 2. The predicted octanol–water partition coefficient (Wildman–Crippen LogP) is 4.99. The third kappa shape index (κ3) is 6.13. The number of aliphatic hydroxyl groups is 1. The fourth-order valence-electron chi connectivity index (χ4n) is 3.05. The highest BCUT2D eigenvalue weighted by atomic mass is 35.5. The zero-order valence-corrected chi connectivity index (χ0v) is 17.0. The minimum atomic E-state index is -0.629. The second kappa shape index (κ2) is 9.78. The lowest BCUT2D eigenvalue weighted by Gasteiger charge is -2.24. The summed E-state index contributed by atoms with van der Waals surface area (Å²) in [5.41, 5.74) is 3.48. The fraction of sp³-hybridized carbons (Fsp3) is 0.304. The predicted molar refractivity (Wildman–Crippen MR) is 112 cm³/mol. The Hall–Kier alpha value is -2.27. The number of aliphatic hydroxyl groups excluding tert-OH is 1. The topological polar surface area (TPSA) is 45.8 Å². The Morgan fingerprint density at radius 3 is 2.61 bits per heavy atom. The number of hydrogen-bond donors (Lipinski definition) is 1. The molecule has 0 aliphatic heterocycles. The molecule has 0 saturated heterocycles. The number of nitrogens with zero attached hydrogens (tertiary/aromatic N) is 1. The van der Waals surface area contributed by atoms with Crippen molar-refractivity contribution in [1.82, 2.24) is 4.90 Å². The lowest BCUT2D eigenvalue weighted by molar-refractivity contribution is 0.0604. The van der Waals surface area contributed by atoms with Crippen molar-refractivity contribution >= 4 is 11.6 Å². The van der Waals surface area contributed by atoms with Crippen LogP contribution in [-0.4, -0.2) is 29.3 Å². The molecule has 4 nitrogen and oxygen atoms in total. The van der Waals surface area contributed by atoms with E-state index >= 15 is 0 Å². The van der Waals surface area contributed by atoms with Gasteiger partial charge in [0.05, 0.1) is 12.8 Å². The molecule has 0 amide bonds. The van der Waals surface area contributed by atoms with Crippen LogP contribution in [0.2, 0.25) is 5.02 Å². The molecule has 0 bridgehead atoms. The van der Waals surface area contributed by atoms with Crippen molar-refractivity contribution in [2.75, 3.05) is 13.2 Å². The summed E-state index contributed by atoms with van der Waals surface area (Å²) in [5, 5.41) is 11.2.